The summed E-state index contributed by atoms with van der Waals surface area (Å²) >= 11 is 9.23. The molecule has 0 saturated heterocycles. The van der Waals surface area contributed by atoms with Crippen molar-refractivity contribution in [3.63, 3.8) is 0 Å². The summed E-state index contributed by atoms with van der Waals surface area (Å²) in [6.45, 7) is -1.71. The van der Waals surface area contributed by atoms with Crippen LogP contribution >= 0.6 is 113 Å². The quantitative estimate of drug-likeness (QED) is 0.0713. The number of anilines is 2. The van der Waals surface area contributed by atoms with Gasteiger partial charge in [0, 0.05) is 47.4 Å². The van der Waals surface area contributed by atoms with Crippen LogP contribution in [0.1, 0.15) is 53.4 Å². The molecular weight excluding hydrogens is 1290 g/mol. The number of hydrogen-bond acceptors (Lipinski definition) is 12. The van der Waals surface area contributed by atoms with E-state index in [1.165, 1.54) is 14.1 Å². The second-order valence-corrected chi connectivity index (χ2v) is 17.2. The van der Waals surface area contributed by atoms with Gasteiger partial charge in [-0.25, -0.2) is 0 Å². The average molecular weight is 1330 g/mol. The molecule has 0 spiro atoms. The summed E-state index contributed by atoms with van der Waals surface area (Å²) in [5.41, 5.74) is 0.760. The van der Waals surface area contributed by atoms with Crippen LogP contribution in [0.5, 0.6) is 0 Å². The number of amides is 6. The maximum Gasteiger partial charge on any atom is 0.255 e. The lowest BCUT2D eigenvalue weighted by molar-refractivity contribution is -0.119. The predicted molar refractivity (Wildman–Crippen MR) is 242 cm³/mol. The Balaban J connectivity index is 2.38. The minimum atomic E-state index is -1.22. The zero-order valence-electron chi connectivity index (χ0n) is 29.4. The van der Waals surface area contributed by atoms with E-state index in [-0.39, 0.29) is 84.1 Å². The summed E-state index contributed by atoms with van der Waals surface area (Å²) in [6.07, 6.45) is -2.24. The smallest absolute Gasteiger partial charge is 0.255 e. The Hall–Kier alpha value is -1.33. The fourth-order valence-corrected chi connectivity index (χ4v) is 12.0. The van der Waals surface area contributed by atoms with Gasteiger partial charge in [0.2, 0.25) is 11.8 Å². The molecule has 0 saturated carbocycles. The third-order valence-corrected chi connectivity index (χ3v) is 13.0. The van der Waals surface area contributed by atoms with E-state index in [0.29, 0.717) is 5.56 Å². The molecule has 18 nitrogen and oxygen atoms in total. The molecule has 0 heterocycles. The Morgan fingerprint density at radius 3 is 1.36 bits per heavy atom. The van der Waals surface area contributed by atoms with Crippen LogP contribution in [0.2, 0.25) is 0 Å². The van der Waals surface area contributed by atoms with Gasteiger partial charge in [-0.15, -0.1) is 0 Å². The van der Waals surface area contributed by atoms with Crippen LogP contribution in [0, 0.1) is 24.8 Å². The van der Waals surface area contributed by atoms with Gasteiger partial charge < -0.3 is 61.7 Å². The Morgan fingerprint density at radius 1 is 0.582 bits per heavy atom. The van der Waals surface area contributed by atoms with E-state index in [2.05, 4.69) is 21.3 Å². The molecular formula is C32H39I5N6O12. The first-order valence-corrected chi connectivity index (χ1v) is 21.4. The number of nitrogens with one attached hydrogen (secondary N) is 4. The van der Waals surface area contributed by atoms with Crippen LogP contribution in [0.25, 0.3) is 0 Å². The van der Waals surface area contributed by atoms with Gasteiger partial charge in [-0.3, -0.25) is 28.8 Å². The summed E-state index contributed by atoms with van der Waals surface area (Å²) in [5.74, 6) is -4.00. The Labute approximate surface area is 384 Å². The minimum absolute atomic E-state index is 0.0315. The zero-order chi connectivity index (χ0) is 41.9. The maximum absolute atomic E-state index is 13.6. The molecule has 2 aromatic rings. The second-order valence-electron chi connectivity index (χ2n) is 11.8. The van der Waals surface area contributed by atoms with E-state index in [4.69, 9.17) is 0 Å². The highest BCUT2D eigenvalue weighted by Crippen LogP contribution is 2.37. The van der Waals surface area contributed by atoms with Crippen LogP contribution in [-0.4, -0.2) is 155 Å². The van der Waals surface area contributed by atoms with Crippen LogP contribution in [-0.2, 0) is 9.59 Å². The van der Waals surface area contributed by atoms with E-state index < -0.39 is 74.1 Å². The highest BCUT2D eigenvalue weighted by molar-refractivity contribution is 14.1. The van der Waals surface area contributed by atoms with E-state index in [1.807, 2.05) is 113 Å². The van der Waals surface area contributed by atoms with Gasteiger partial charge >= 0.3 is 0 Å². The number of rotatable bonds is 18. The monoisotopic (exact) mass is 1330 g/mol. The van der Waals surface area contributed by atoms with E-state index in [9.17, 15) is 59.4 Å². The van der Waals surface area contributed by atoms with Gasteiger partial charge in [-0.1, -0.05) is 0 Å². The average Bonchev–Trinajstić information content (AvgIpc) is 3.14. The summed E-state index contributed by atoms with van der Waals surface area (Å²) in [5, 5.41) is 67.6. The van der Waals surface area contributed by atoms with E-state index >= 15 is 0 Å². The molecule has 6 amide bonds. The molecule has 23 heteroatoms. The van der Waals surface area contributed by atoms with Crippen molar-refractivity contribution >= 4 is 160 Å². The standard InChI is InChI=1S/C32H39I5N6O12/c1-13-18(22(33)20(25(36)27(13)40-16(50)11-46)31(54)42(2)7-14(48)9-44)29(52)38-5-4-6-39-30(53)19-23(34)21(32(55)43(3)8-15(49)10-45)26(37)28(24(19)35)41-17(51)12-47/h14-15,44-49H,4-12H2,1-3H3,(H,38,52)(H,39,53)(H,40,50)(H,41,51). The van der Waals surface area contributed by atoms with Gasteiger partial charge in [-0.05, 0) is 132 Å². The molecule has 0 aliphatic carbocycles. The molecule has 2 atom stereocenters. The van der Waals surface area contributed by atoms with Gasteiger partial charge in [0.05, 0.1) is 69.8 Å². The van der Waals surface area contributed by atoms with Crippen molar-refractivity contribution in [2.75, 3.05) is 77.3 Å². The van der Waals surface area contributed by atoms with Gasteiger partial charge in [0.25, 0.3) is 23.6 Å². The summed E-state index contributed by atoms with van der Waals surface area (Å²) in [7, 11) is 2.80. The van der Waals surface area contributed by atoms with Crippen molar-refractivity contribution in [1.29, 1.82) is 0 Å². The lowest BCUT2D eigenvalue weighted by Crippen LogP contribution is -2.38. The normalized spacial score (nSPS) is 12.0. The van der Waals surface area contributed by atoms with Crippen molar-refractivity contribution in [1.82, 2.24) is 20.4 Å². The fourth-order valence-electron chi connectivity index (χ4n) is 4.89. The first-order chi connectivity index (χ1) is 25.8. The van der Waals surface area contributed by atoms with Crippen LogP contribution in [0.4, 0.5) is 11.4 Å². The molecule has 10 N–H and O–H groups in total. The second kappa shape index (κ2) is 23.3. The van der Waals surface area contributed by atoms with Crippen molar-refractivity contribution in [3.05, 3.63) is 45.7 Å². The van der Waals surface area contributed by atoms with Crippen molar-refractivity contribution < 1.29 is 59.4 Å². The van der Waals surface area contributed by atoms with E-state index in [0.717, 1.165) is 9.80 Å². The summed E-state index contributed by atoms with van der Waals surface area (Å²) in [4.78, 5) is 81.0. The lowest BCUT2D eigenvalue weighted by Gasteiger charge is -2.24. The van der Waals surface area contributed by atoms with Gasteiger partial charge in [0.1, 0.15) is 13.2 Å². The number of aliphatic hydroxyl groups excluding tert-OH is 6. The van der Waals surface area contributed by atoms with E-state index in [1.54, 1.807) is 6.92 Å². The molecule has 55 heavy (non-hydrogen) atoms. The minimum Gasteiger partial charge on any atom is -0.394 e. The molecule has 304 valence electrons. The number of halogens is 5. The molecule has 0 aliphatic heterocycles. The van der Waals surface area contributed by atoms with Crippen molar-refractivity contribution in [3.8, 4) is 0 Å². The van der Waals surface area contributed by atoms with Gasteiger partial charge in [0.15, 0.2) is 0 Å². The SMILES string of the molecule is Cc1c(NC(=O)CO)c(I)c(C(=O)N(C)CC(O)CO)c(I)c1C(=O)NCCCNC(=O)c1c(I)c(NC(=O)CO)c(I)c(C(=O)N(C)CC(O)CO)c1I. The molecule has 0 bridgehead atoms. The molecule has 0 radical (unpaired) electrons. The Bertz CT molecular complexity index is 1690. The number of likely N-dealkylation sites (N-methyl/N-ethyl adjacent to an activating group) is 2. The predicted octanol–water partition coefficient (Wildman–Crippen LogP) is 0.280. The third kappa shape index (κ3) is 12.8. The Morgan fingerprint density at radius 2 is 0.945 bits per heavy atom. The van der Waals surface area contributed by atoms with Crippen LogP contribution in [0.3, 0.4) is 0 Å². The van der Waals surface area contributed by atoms with Gasteiger partial charge in [-0.2, -0.15) is 0 Å². The molecule has 2 unspecified atom stereocenters. The summed E-state index contributed by atoms with van der Waals surface area (Å²) < 4.78 is 1.33. The first-order valence-electron chi connectivity index (χ1n) is 16.0. The summed E-state index contributed by atoms with van der Waals surface area (Å²) in [6, 6.07) is 0. The number of hydrogen-bond donors (Lipinski definition) is 10. The van der Waals surface area contributed by atoms with Crippen molar-refractivity contribution in [2.45, 2.75) is 25.6 Å². The zero-order valence-corrected chi connectivity index (χ0v) is 40.2. The maximum atomic E-state index is 13.6. The first kappa shape index (κ1) is 49.8. The highest BCUT2D eigenvalue weighted by Gasteiger charge is 2.32. The molecule has 2 aromatic carbocycles. The lowest BCUT2D eigenvalue weighted by atomic mass is 10.0. The molecule has 0 aliphatic rings. The molecule has 0 fully saturated rings. The number of aliphatic hydroxyl groups is 6. The third-order valence-electron chi connectivity index (χ3n) is 7.65. The topological polar surface area (TPSA) is 278 Å². The number of benzene rings is 2. The molecule has 0 aromatic heterocycles. The largest absolute Gasteiger partial charge is 0.394 e. The van der Waals surface area contributed by atoms with Crippen molar-refractivity contribution in [2.24, 2.45) is 0 Å². The van der Waals surface area contributed by atoms with Crippen LogP contribution < -0.4 is 21.3 Å². The highest BCUT2D eigenvalue weighted by atomic mass is 127. The Kier molecular flexibility index (Phi) is 21.1. The number of nitrogens with zero attached hydrogens (tertiary/aromatic N) is 2. The molecule has 2 rings (SSSR count). The number of carbonyl (C=O) groups excluding carboxylic acids is 6. The fraction of sp³-hybridized carbons (Fsp3) is 0.438. The van der Waals surface area contributed by atoms with Crippen LogP contribution in [0.15, 0.2) is 0 Å². The number of carbonyl (C=O) groups is 6.